The van der Waals surface area contributed by atoms with Crippen LogP contribution in [0, 0.1) is 0 Å². The second kappa shape index (κ2) is 3.35. The molecule has 0 saturated carbocycles. The highest BCUT2D eigenvalue weighted by molar-refractivity contribution is 6.82. The van der Waals surface area contributed by atoms with Gasteiger partial charge in [0.1, 0.15) is 0 Å². The Bertz CT molecular complexity index is 515. The highest BCUT2D eigenvalue weighted by Crippen LogP contribution is 2.65. The third-order valence-electron chi connectivity index (χ3n) is 4.84. The Balaban J connectivity index is 1.82. The van der Waals surface area contributed by atoms with Gasteiger partial charge in [-0.3, -0.25) is 18.1 Å². The average molecular weight is 318 g/mol. The van der Waals surface area contributed by atoms with Crippen molar-refractivity contribution in [2.45, 2.75) is 17.4 Å². The first kappa shape index (κ1) is 13.3. The van der Waals surface area contributed by atoms with Gasteiger partial charge >= 0.3 is 17.4 Å². The molecule has 2 spiro atoms. The Kier molecular flexibility index (Phi) is 2.23. The van der Waals surface area contributed by atoms with Gasteiger partial charge in [-0.25, -0.2) is 0 Å². The number of hydroxylamine groups is 6. The predicted molar refractivity (Wildman–Crippen MR) is 69.3 cm³/mol. The third-order valence-corrected chi connectivity index (χ3v) is 12.4. The van der Waals surface area contributed by atoms with Crippen molar-refractivity contribution in [2.75, 3.05) is 28.2 Å². The molecule has 6 unspecified atom stereocenters. The molecular formula is C9H18N4O5Si2. The van der Waals surface area contributed by atoms with Crippen molar-refractivity contribution >= 4 is 17.4 Å². The summed E-state index contributed by atoms with van der Waals surface area (Å²) in [6, 6.07) is 0. The van der Waals surface area contributed by atoms with Gasteiger partial charge in [0.05, 0.1) is 6.26 Å². The molecule has 0 radical (unpaired) electrons. The molecule has 11 heteroatoms. The Morgan fingerprint density at radius 3 is 1.80 bits per heavy atom. The number of hydrogen-bond donors (Lipinski definition) is 0. The molecule has 0 aliphatic carbocycles. The summed E-state index contributed by atoms with van der Waals surface area (Å²) in [7, 11) is 2.33. The van der Waals surface area contributed by atoms with Crippen LogP contribution in [0.25, 0.3) is 0 Å². The SMILES string of the molecule is C=COC1(C2(C)N(C)O[Si]23ON3C)N(C)O[Si]12ON2C. The van der Waals surface area contributed by atoms with Crippen LogP contribution >= 0.6 is 0 Å². The second-order valence-corrected chi connectivity index (χ2v) is 11.5. The van der Waals surface area contributed by atoms with Gasteiger partial charge in [0.25, 0.3) is 5.35 Å². The van der Waals surface area contributed by atoms with Gasteiger partial charge in [-0.15, -0.1) is 0 Å². The fourth-order valence-corrected chi connectivity index (χ4v) is 11.0. The van der Waals surface area contributed by atoms with Crippen molar-refractivity contribution in [3.63, 3.8) is 0 Å². The lowest BCUT2D eigenvalue weighted by atomic mass is 10.2. The van der Waals surface area contributed by atoms with Gasteiger partial charge in [-0.1, -0.05) is 6.58 Å². The van der Waals surface area contributed by atoms with Crippen LogP contribution in [0.15, 0.2) is 12.8 Å². The first-order chi connectivity index (χ1) is 9.32. The van der Waals surface area contributed by atoms with E-state index in [1.807, 2.05) is 28.2 Å². The molecule has 112 valence electrons. The van der Waals surface area contributed by atoms with E-state index in [9.17, 15) is 0 Å². The largest absolute Gasteiger partial charge is 0.550 e. The van der Waals surface area contributed by atoms with Gasteiger partial charge in [0.2, 0.25) is 0 Å². The van der Waals surface area contributed by atoms with E-state index >= 15 is 0 Å². The van der Waals surface area contributed by atoms with Crippen LogP contribution in [0.3, 0.4) is 0 Å². The van der Waals surface area contributed by atoms with Gasteiger partial charge in [0, 0.05) is 28.2 Å². The van der Waals surface area contributed by atoms with Crippen LogP contribution in [0.5, 0.6) is 0 Å². The van der Waals surface area contributed by atoms with Crippen LogP contribution in [0.4, 0.5) is 0 Å². The maximum atomic E-state index is 5.99. The molecule has 4 fully saturated rings. The smallest absolute Gasteiger partial charge is 0.472 e. The van der Waals surface area contributed by atoms with E-state index in [0.717, 1.165) is 0 Å². The summed E-state index contributed by atoms with van der Waals surface area (Å²) in [5, 5.41) is 2.22. The molecule has 9 nitrogen and oxygen atoms in total. The molecule has 20 heavy (non-hydrogen) atoms. The van der Waals surface area contributed by atoms with E-state index in [0.29, 0.717) is 0 Å². The molecule has 0 aromatic carbocycles. The van der Waals surface area contributed by atoms with Crippen LogP contribution in [-0.4, -0.2) is 75.7 Å². The second-order valence-electron chi connectivity index (χ2n) is 5.52. The quantitative estimate of drug-likeness (QED) is 0.373. The minimum absolute atomic E-state index is 0.493. The monoisotopic (exact) mass is 318 g/mol. The summed E-state index contributed by atoms with van der Waals surface area (Å²) in [5.41, 5.74) is 0. The van der Waals surface area contributed by atoms with Crippen molar-refractivity contribution in [3.8, 4) is 0 Å². The fraction of sp³-hybridized carbons (Fsp3) is 0.778. The molecule has 4 aliphatic heterocycles. The lowest BCUT2D eigenvalue weighted by Gasteiger charge is -2.64. The standard InChI is InChI=1S/C9H18N4O5Si2/c1-7-14-9(11(4)16-20(9)13(6)18-20)8(2)10(3)15-19(8)12(5)17-19/h7H,1H2,2-6H3. The molecule has 0 bridgehead atoms. The summed E-state index contributed by atoms with van der Waals surface area (Å²) in [4.78, 5) is 0. The van der Waals surface area contributed by atoms with Crippen molar-refractivity contribution in [3.05, 3.63) is 12.8 Å². The number of hydrogen-bond acceptors (Lipinski definition) is 9. The van der Waals surface area contributed by atoms with E-state index in [-0.39, 0.29) is 0 Å². The Hall–Kier alpha value is -0.346. The van der Waals surface area contributed by atoms with E-state index in [2.05, 4.69) is 13.5 Å². The Labute approximate surface area is 119 Å². The van der Waals surface area contributed by atoms with Gasteiger partial charge < -0.3 is 4.74 Å². The predicted octanol–water partition coefficient (Wildman–Crippen LogP) is -0.934. The normalized spacial score (nSPS) is 61.0. The van der Waals surface area contributed by atoms with Gasteiger partial charge in [0.15, 0.2) is 5.16 Å². The summed E-state index contributed by atoms with van der Waals surface area (Å²) in [6.45, 7) is 5.78. The lowest BCUT2D eigenvalue weighted by molar-refractivity contribution is -0.352. The average Bonchev–Trinajstić information content (AvgIpc) is 3.25. The highest BCUT2D eigenvalue weighted by atomic mass is 28.4. The maximum Gasteiger partial charge on any atom is 0.550 e. The van der Waals surface area contributed by atoms with Crippen LogP contribution < -0.4 is 0 Å². The van der Waals surface area contributed by atoms with Crippen molar-refractivity contribution in [1.82, 2.24) is 19.6 Å². The van der Waals surface area contributed by atoms with Crippen LogP contribution in [-0.2, 0) is 22.8 Å². The molecule has 0 aromatic rings. The fourth-order valence-electron chi connectivity index (χ4n) is 3.57. The number of nitrogens with zero attached hydrogens (tertiary/aromatic N) is 4. The van der Waals surface area contributed by atoms with Crippen LogP contribution in [0.1, 0.15) is 6.92 Å². The zero-order chi connectivity index (χ0) is 14.6. The summed E-state index contributed by atoms with van der Waals surface area (Å²) in [5.74, 6) is 0. The zero-order valence-corrected chi connectivity index (χ0v) is 14.1. The molecule has 4 rings (SSSR count). The molecule has 0 N–H and O–H groups in total. The first-order valence-corrected chi connectivity index (χ1v) is 9.86. The summed E-state index contributed by atoms with van der Waals surface area (Å²) < 4.78 is 32.6. The van der Waals surface area contributed by atoms with Gasteiger partial charge in [-0.05, 0) is 6.92 Å². The molecule has 0 aromatic heterocycles. The number of likely N-dealkylation sites (N-methyl/N-ethyl adjacent to an activating group) is 2. The van der Waals surface area contributed by atoms with E-state index in [1.54, 1.807) is 19.6 Å². The van der Waals surface area contributed by atoms with Gasteiger partial charge in [-0.2, -0.15) is 19.6 Å². The van der Waals surface area contributed by atoms with Crippen molar-refractivity contribution in [1.29, 1.82) is 0 Å². The van der Waals surface area contributed by atoms with Crippen molar-refractivity contribution < 1.29 is 22.8 Å². The number of ether oxygens (including phenoxy) is 1. The molecule has 4 saturated heterocycles. The number of rotatable bonds is 3. The topological polar surface area (TPSA) is 65.3 Å². The molecule has 6 atom stereocenters. The molecular weight excluding hydrogens is 300 g/mol. The molecule has 0 amide bonds. The van der Waals surface area contributed by atoms with Crippen molar-refractivity contribution in [2.24, 2.45) is 0 Å². The van der Waals surface area contributed by atoms with E-state index in [1.165, 1.54) is 6.26 Å². The molecule has 4 heterocycles. The zero-order valence-electron chi connectivity index (χ0n) is 12.1. The Morgan fingerprint density at radius 1 is 0.950 bits per heavy atom. The first-order valence-electron chi connectivity index (χ1n) is 6.33. The minimum Gasteiger partial charge on any atom is -0.472 e. The maximum absolute atomic E-state index is 5.99. The van der Waals surface area contributed by atoms with E-state index < -0.39 is 28.0 Å². The summed E-state index contributed by atoms with van der Waals surface area (Å²) >= 11 is 0. The third kappa shape index (κ3) is 0.981. The molecule has 4 aliphatic rings. The lowest BCUT2D eigenvalue weighted by Crippen LogP contribution is -2.95. The highest BCUT2D eigenvalue weighted by Gasteiger charge is 3.02. The minimum atomic E-state index is -2.62. The van der Waals surface area contributed by atoms with Crippen LogP contribution in [0.2, 0.25) is 0 Å². The van der Waals surface area contributed by atoms with E-state index in [4.69, 9.17) is 22.8 Å². The Morgan fingerprint density at radius 2 is 1.45 bits per heavy atom. The summed E-state index contributed by atoms with van der Waals surface area (Å²) in [6.07, 6.45) is 1.44.